The molecule has 1 fully saturated rings. The summed E-state index contributed by atoms with van der Waals surface area (Å²) in [5.41, 5.74) is 3.00. The van der Waals surface area contributed by atoms with Crippen molar-refractivity contribution in [1.82, 2.24) is 4.31 Å². The van der Waals surface area contributed by atoms with E-state index >= 15 is 0 Å². The second-order valence-electron chi connectivity index (χ2n) is 8.37. The smallest absolute Gasteiger partial charge is 0.227 e. The molecule has 0 unspecified atom stereocenters. The van der Waals surface area contributed by atoms with Crippen LogP contribution in [0.5, 0.6) is 0 Å². The van der Waals surface area contributed by atoms with Gasteiger partial charge in [0.25, 0.3) is 0 Å². The Kier molecular flexibility index (Phi) is 7.33. The maximum absolute atomic E-state index is 13.2. The summed E-state index contributed by atoms with van der Waals surface area (Å²) in [5.74, 6) is -0.300. The van der Waals surface area contributed by atoms with Gasteiger partial charge in [-0.05, 0) is 54.3 Å². The largest absolute Gasteiger partial charge is 0.377 e. The molecular formula is C23H30FN3O3S. The van der Waals surface area contributed by atoms with Gasteiger partial charge in [-0.15, -0.1) is 0 Å². The second-order valence-corrected chi connectivity index (χ2v) is 10.3. The summed E-state index contributed by atoms with van der Waals surface area (Å²) >= 11 is 0. The highest BCUT2D eigenvalue weighted by Crippen LogP contribution is 2.29. The van der Waals surface area contributed by atoms with Crippen molar-refractivity contribution in [2.45, 2.75) is 38.8 Å². The molecule has 0 atom stereocenters. The summed E-state index contributed by atoms with van der Waals surface area (Å²) < 4.78 is 39.6. The van der Waals surface area contributed by atoms with E-state index in [0.29, 0.717) is 11.3 Å². The van der Waals surface area contributed by atoms with Crippen molar-refractivity contribution in [3.8, 4) is 0 Å². The topological polar surface area (TPSA) is 69.7 Å². The maximum atomic E-state index is 13.2. The van der Waals surface area contributed by atoms with Crippen LogP contribution in [0.15, 0.2) is 42.5 Å². The molecule has 0 bridgehead atoms. The lowest BCUT2D eigenvalue weighted by Crippen LogP contribution is -2.30. The Morgan fingerprint density at radius 1 is 1.06 bits per heavy atom. The molecule has 31 heavy (non-hydrogen) atoms. The van der Waals surface area contributed by atoms with Crippen LogP contribution in [-0.4, -0.2) is 39.0 Å². The summed E-state index contributed by atoms with van der Waals surface area (Å²) in [5, 5.41) is 2.99. The summed E-state index contributed by atoms with van der Waals surface area (Å²) in [6, 6.07) is 11.4. The van der Waals surface area contributed by atoms with Crippen molar-refractivity contribution in [3.05, 3.63) is 59.4 Å². The van der Waals surface area contributed by atoms with Crippen molar-refractivity contribution in [1.29, 1.82) is 0 Å². The number of carbonyl (C=O) groups is 1. The fourth-order valence-corrected chi connectivity index (χ4v) is 4.69. The fraction of sp³-hybridized carbons (Fsp3) is 0.435. The predicted octanol–water partition coefficient (Wildman–Crippen LogP) is 3.98. The lowest BCUT2D eigenvalue weighted by molar-refractivity contribution is -0.119. The predicted molar refractivity (Wildman–Crippen MR) is 122 cm³/mol. The van der Waals surface area contributed by atoms with Gasteiger partial charge >= 0.3 is 0 Å². The van der Waals surface area contributed by atoms with Crippen LogP contribution >= 0.6 is 0 Å². The van der Waals surface area contributed by atoms with E-state index in [9.17, 15) is 17.6 Å². The van der Waals surface area contributed by atoms with Crippen molar-refractivity contribution >= 4 is 27.3 Å². The Labute approximate surface area is 184 Å². The third kappa shape index (κ3) is 6.27. The number of sulfonamides is 1. The monoisotopic (exact) mass is 447 g/mol. The van der Waals surface area contributed by atoms with Crippen LogP contribution in [0.2, 0.25) is 0 Å². The average Bonchev–Trinajstić information content (AvgIpc) is 3.23. The lowest BCUT2D eigenvalue weighted by Gasteiger charge is -2.25. The molecule has 0 spiro atoms. The van der Waals surface area contributed by atoms with Crippen LogP contribution in [0.25, 0.3) is 0 Å². The van der Waals surface area contributed by atoms with Crippen molar-refractivity contribution in [3.63, 3.8) is 0 Å². The fourth-order valence-electron chi connectivity index (χ4n) is 3.93. The van der Waals surface area contributed by atoms with E-state index in [0.717, 1.165) is 43.2 Å². The Balaban J connectivity index is 1.86. The van der Waals surface area contributed by atoms with Crippen LogP contribution in [0.4, 0.5) is 15.8 Å². The molecule has 168 valence electrons. The van der Waals surface area contributed by atoms with Crippen LogP contribution < -0.4 is 10.2 Å². The van der Waals surface area contributed by atoms with Gasteiger partial charge in [0.15, 0.2) is 0 Å². The van der Waals surface area contributed by atoms with Gasteiger partial charge in [-0.1, -0.05) is 25.0 Å². The molecule has 6 nitrogen and oxygen atoms in total. The highest BCUT2D eigenvalue weighted by molar-refractivity contribution is 7.88. The van der Waals surface area contributed by atoms with Crippen molar-refractivity contribution < 1.29 is 17.6 Å². The number of halogens is 1. The minimum absolute atomic E-state index is 0.0207. The summed E-state index contributed by atoms with van der Waals surface area (Å²) in [6.07, 6.45) is 5.14. The highest BCUT2D eigenvalue weighted by atomic mass is 32.2. The summed E-state index contributed by atoms with van der Waals surface area (Å²) in [7, 11) is 0.249. The molecule has 1 aliphatic rings. The van der Waals surface area contributed by atoms with Gasteiger partial charge in [-0.2, -0.15) is 4.31 Å². The number of anilines is 2. The van der Waals surface area contributed by atoms with Crippen molar-refractivity contribution in [2.24, 2.45) is 5.92 Å². The minimum atomic E-state index is -3.53. The van der Waals surface area contributed by atoms with Crippen LogP contribution in [0, 0.1) is 11.7 Å². The highest BCUT2D eigenvalue weighted by Gasteiger charge is 2.24. The number of amides is 1. The normalized spacial score (nSPS) is 14.7. The van der Waals surface area contributed by atoms with Gasteiger partial charge < -0.3 is 10.2 Å². The first kappa shape index (κ1) is 23.2. The van der Waals surface area contributed by atoms with Crippen LogP contribution in [-0.2, 0) is 27.9 Å². The third-order valence-electron chi connectivity index (χ3n) is 5.64. The number of hydrogen-bond acceptors (Lipinski definition) is 4. The van der Waals surface area contributed by atoms with E-state index < -0.39 is 10.0 Å². The van der Waals surface area contributed by atoms with Gasteiger partial charge in [0.2, 0.25) is 15.9 Å². The van der Waals surface area contributed by atoms with E-state index in [4.69, 9.17) is 0 Å². The maximum Gasteiger partial charge on any atom is 0.227 e. The minimum Gasteiger partial charge on any atom is -0.377 e. The van der Waals surface area contributed by atoms with Gasteiger partial charge in [-0.3, -0.25) is 4.79 Å². The summed E-state index contributed by atoms with van der Waals surface area (Å²) in [4.78, 5) is 14.4. The molecule has 0 aliphatic heterocycles. The zero-order chi connectivity index (χ0) is 22.6. The molecule has 0 heterocycles. The molecule has 1 aliphatic carbocycles. The lowest BCUT2D eigenvalue weighted by atomic mass is 10.1. The number of nitrogens with one attached hydrogen (secondary N) is 1. The Hall–Kier alpha value is -2.45. The Morgan fingerprint density at radius 2 is 1.71 bits per heavy atom. The zero-order valence-corrected chi connectivity index (χ0v) is 19.1. The second kappa shape index (κ2) is 9.78. The van der Waals surface area contributed by atoms with Gasteiger partial charge in [0.1, 0.15) is 5.82 Å². The summed E-state index contributed by atoms with van der Waals surface area (Å²) in [6.45, 7) is 0.265. The first-order valence-electron chi connectivity index (χ1n) is 10.4. The molecule has 8 heteroatoms. The first-order chi connectivity index (χ1) is 14.6. The number of rotatable bonds is 8. The van der Waals surface area contributed by atoms with Gasteiger partial charge in [0.05, 0.1) is 6.26 Å². The van der Waals surface area contributed by atoms with E-state index in [2.05, 4.69) is 5.32 Å². The number of nitrogens with zero attached hydrogens (tertiary/aromatic N) is 2. The molecule has 1 saturated carbocycles. The molecule has 0 radical (unpaired) electrons. The quantitative estimate of drug-likeness (QED) is 0.665. The van der Waals surface area contributed by atoms with Crippen molar-refractivity contribution in [2.75, 3.05) is 30.6 Å². The molecule has 1 N–H and O–H groups in total. The first-order valence-corrected chi connectivity index (χ1v) is 12.3. The van der Waals surface area contributed by atoms with Crippen LogP contribution in [0.1, 0.15) is 36.8 Å². The van der Waals surface area contributed by atoms with E-state index in [1.807, 2.05) is 37.2 Å². The Bertz CT molecular complexity index is 1020. The Morgan fingerprint density at radius 3 is 2.29 bits per heavy atom. The molecule has 2 aromatic carbocycles. The zero-order valence-electron chi connectivity index (χ0n) is 18.3. The molecule has 3 rings (SSSR count). The molecule has 1 amide bonds. The van der Waals surface area contributed by atoms with E-state index in [-0.39, 0.29) is 30.7 Å². The van der Waals surface area contributed by atoms with Crippen LogP contribution in [0.3, 0.4) is 0 Å². The SMILES string of the molecule is CN(C)c1ccc(NC(=O)C2CCCC2)cc1CN(Cc1ccc(F)cc1)S(C)(=O)=O. The number of hydrogen-bond donors (Lipinski definition) is 1. The molecule has 2 aromatic rings. The van der Waals surface area contributed by atoms with E-state index in [1.54, 1.807) is 12.1 Å². The van der Waals surface area contributed by atoms with Gasteiger partial charge in [-0.25, -0.2) is 12.8 Å². The van der Waals surface area contributed by atoms with Gasteiger partial charge in [0, 0.05) is 44.5 Å². The average molecular weight is 448 g/mol. The number of carbonyl (C=O) groups excluding carboxylic acids is 1. The van der Waals surface area contributed by atoms with E-state index in [1.165, 1.54) is 16.4 Å². The standard InChI is InChI=1S/C23H30FN3O3S/c1-26(2)22-13-12-21(25-23(28)18-6-4-5-7-18)14-19(22)16-27(31(3,29)30)15-17-8-10-20(24)11-9-17/h8-14,18H,4-7,15-16H2,1-3H3,(H,25,28). The number of benzene rings is 2. The third-order valence-corrected chi connectivity index (χ3v) is 6.84. The molecule has 0 saturated heterocycles. The molecular weight excluding hydrogens is 417 g/mol. The molecule has 0 aromatic heterocycles.